The van der Waals surface area contributed by atoms with Crippen LogP contribution in [0, 0.1) is 17.3 Å². The number of carbonyl (C=O) groups excluding carboxylic acids is 1. The molecule has 1 heterocycles. The minimum absolute atomic E-state index is 0.0101. The van der Waals surface area contributed by atoms with Crippen molar-refractivity contribution in [3.8, 4) is 0 Å². The topological polar surface area (TPSA) is 66.5 Å². The lowest BCUT2D eigenvalue weighted by Crippen LogP contribution is -2.42. The molecule has 2 aliphatic rings. The van der Waals surface area contributed by atoms with E-state index in [2.05, 4.69) is 25.2 Å². The van der Waals surface area contributed by atoms with E-state index in [0.717, 1.165) is 11.5 Å². The van der Waals surface area contributed by atoms with Gasteiger partial charge in [0, 0.05) is 31.1 Å². The first-order valence-corrected chi connectivity index (χ1v) is 10.9. The van der Waals surface area contributed by atoms with E-state index in [4.69, 9.17) is 0 Å². The van der Waals surface area contributed by atoms with Crippen molar-refractivity contribution in [3.63, 3.8) is 0 Å². The van der Waals surface area contributed by atoms with Crippen LogP contribution in [-0.2, 0) is 14.8 Å². The normalized spacial score (nSPS) is 27.3. The zero-order valence-electron chi connectivity index (χ0n) is 14.5. The number of hydrogen-bond donors (Lipinski definition) is 1. The molecular formula is C16H28N2O3S2. The number of allylic oxidation sites excluding steroid dienone is 2. The second-order valence-electron chi connectivity index (χ2n) is 7.19. The lowest BCUT2D eigenvalue weighted by Gasteiger charge is -2.25. The lowest BCUT2D eigenvalue weighted by molar-refractivity contribution is -0.123. The van der Waals surface area contributed by atoms with Crippen LogP contribution in [-0.4, -0.2) is 55.5 Å². The molecule has 0 spiro atoms. The number of rotatable bonds is 6. The van der Waals surface area contributed by atoms with Gasteiger partial charge in [-0.25, -0.2) is 12.7 Å². The molecule has 2 atom stereocenters. The van der Waals surface area contributed by atoms with Crippen LogP contribution in [0.5, 0.6) is 0 Å². The summed E-state index contributed by atoms with van der Waals surface area (Å²) >= 11 is 1.78. The van der Waals surface area contributed by atoms with Crippen LogP contribution in [0.4, 0.5) is 0 Å². The molecule has 7 heteroatoms. The van der Waals surface area contributed by atoms with Gasteiger partial charge < -0.3 is 5.32 Å². The maximum atomic E-state index is 12.3. The molecule has 0 aromatic carbocycles. The second-order valence-corrected chi connectivity index (χ2v) is 10.5. The van der Waals surface area contributed by atoms with Crippen molar-refractivity contribution in [3.05, 3.63) is 11.6 Å². The van der Waals surface area contributed by atoms with Crippen molar-refractivity contribution in [1.29, 1.82) is 0 Å². The molecule has 1 N–H and O–H groups in total. The predicted molar refractivity (Wildman–Crippen MR) is 95.9 cm³/mol. The van der Waals surface area contributed by atoms with Crippen LogP contribution >= 0.6 is 11.8 Å². The number of nitrogens with zero attached hydrogens (tertiary/aromatic N) is 1. The number of amides is 1. The quantitative estimate of drug-likeness (QED) is 0.733. The first kappa shape index (κ1) is 18.8. The Labute approximate surface area is 144 Å². The Morgan fingerprint density at radius 1 is 1.30 bits per heavy atom. The first-order valence-electron chi connectivity index (χ1n) is 8.14. The molecule has 0 aromatic rings. The summed E-state index contributed by atoms with van der Waals surface area (Å²) in [6.07, 6.45) is 2.15. The van der Waals surface area contributed by atoms with Gasteiger partial charge in [0.05, 0.1) is 11.7 Å². The van der Waals surface area contributed by atoms with Crippen molar-refractivity contribution in [1.82, 2.24) is 9.62 Å². The van der Waals surface area contributed by atoms with Crippen LogP contribution < -0.4 is 5.32 Å². The van der Waals surface area contributed by atoms with Crippen LogP contribution in [0.25, 0.3) is 0 Å². The van der Waals surface area contributed by atoms with Crippen molar-refractivity contribution < 1.29 is 13.2 Å². The summed E-state index contributed by atoms with van der Waals surface area (Å²) in [6.45, 7) is 9.60. The third kappa shape index (κ3) is 4.51. The fourth-order valence-corrected chi connectivity index (χ4v) is 5.71. The maximum absolute atomic E-state index is 12.3. The highest BCUT2D eigenvalue weighted by Gasteiger charge is 2.60. The van der Waals surface area contributed by atoms with E-state index in [1.54, 1.807) is 16.1 Å². The standard InChI is InChI=1S/C16H28N2O3S2/c1-12(2)11-13-14(16(13,3)4)15(19)17-5-10-23(20,21)18-6-8-22-9-7-18/h11,13-14H,5-10H2,1-4H3,(H,17,19). The predicted octanol–water partition coefficient (Wildman–Crippen LogP) is 1.72. The van der Waals surface area contributed by atoms with Gasteiger partial charge in [-0.2, -0.15) is 11.8 Å². The smallest absolute Gasteiger partial charge is 0.224 e. The first-order chi connectivity index (χ1) is 10.7. The van der Waals surface area contributed by atoms with E-state index in [1.807, 2.05) is 13.8 Å². The van der Waals surface area contributed by atoms with Crippen molar-refractivity contribution in [2.24, 2.45) is 17.3 Å². The Morgan fingerprint density at radius 3 is 2.48 bits per heavy atom. The van der Waals surface area contributed by atoms with E-state index >= 15 is 0 Å². The van der Waals surface area contributed by atoms with Crippen LogP contribution in [0.2, 0.25) is 0 Å². The Kier molecular flexibility index (Phi) is 5.85. The minimum atomic E-state index is -3.25. The van der Waals surface area contributed by atoms with Crippen molar-refractivity contribution in [2.75, 3.05) is 36.9 Å². The largest absolute Gasteiger partial charge is 0.355 e. The lowest BCUT2D eigenvalue weighted by atomic mass is 10.1. The van der Waals surface area contributed by atoms with Gasteiger partial charge in [-0.15, -0.1) is 0 Å². The fraction of sp³-hybridized carbons (Fsp3) is 0.812. The second kappa shape index (κ2) is 7.15. The zero-order chi connectivity index (χ0) is 17.3. The maximum Gasteiger partial charge on any atom is 0.224 e. The number of sulfonamides is 1. The van der Waals surface area contributed by atoms with Crippen molar-refractivity contribution >= 4 is 27.7 Å². The molecule has 1 amide bonds. The molecule has 1 saturated heterocycles. The molecule has 0 aromatic heterocycles. The average molecular weight is 361 g/mol. The van der Waals surface area contributed by atoms with Gasteiger partial charge >= 0.3 is 0 Å². The molecule has 2 rings (SSSR count). The van der Waals surface area contributed by atoms with E-state index < -0.39 is 10.0 Å². The Hall–Kier alpha value is -0.530. The van der Waals surface area contributed by atoms with E-state index in [-0.39, 0.29) is 35.5 Å². The van der Waals surface area contributed by atoms with Gasteiger partial charge in [0.25, 0.3) is 0 Å². The number of hydrogen-bond acceptors (Lipinski definition) is 4. The molecule has 1 aliphatic carbocycles. The molecule has 1 saturated carbocycles. The van der Waals surface area contributed by atoms with E-state index in [0.29, 0.717) is 13.1 Å². The monoisotopic (exact) mass is 360 g/mol. The van der Waals surface area contributed by atoms with Crippen LogP contribution in [0.1, 0.15) is 27.7 Å². The summed E-state index contributed by atoms with van der Waals surface area (Å²) in [4.78, 5) is 12.3. The number of thioether (sulfide) groups is 1. The molecule has 132 valence electrons. The summed E-state index contributed by atoms with van der Waals surface area (Å²) < 4.78 is 26.0. The Balaban J connectivity index is 1.82. The van der Waals surface area contributed by atoms with Gasteiger partial charge in [-0.1, -0.05) is 25.5 Å². The Morgan fingerprint density at radius 2 is 1.91 bits per heavy atom. The third-order valence-electron chi connectivity index (χ3n) is 4.73. The SMILES string of the molecule is CC(C)=CC1C(C(=O)NCCS(=O)(=O)N2CCSCC2)C1(C)C. The number of nitrogens with one attached hydrogen (secondary N) is 1. The summed E-state index contributed by atoms with van der Waals surface area (Å²) in [5.74, 6) is 1.87. The van der Waals surface area contributed by atoms with Gasteiger partial charge in [0.1, 0.15) is 0 Å². The summed E-state index contributed by atoms with van der Waals surface area (Å²) in [5.41, 5.74) is 1.17. The molecule has 0 radical (unpaired) electrons. The highest BCUT2D eigenvalue weighted by molar-refractivity contribution is 7.99. The van der Waals surface area contributed by atoms with Crippen LogP contribution in [0.3, 0.4) is 0 Å². The minimum Gasteiger partial charge on any atom is -0.355 e. The zero-order valence-corrected chi connectivity index (χ0v) is 16.1. The fourth-order valence-electron chi connectivity index (χ4n) is 3.22. The third-order valence-corrected chi connectivity index (χ3v) is 7.54. The average Bonchev–Trinajstić information content (AvgIpc) is 2.99. The number of carbonyl (C=O) groups is 1. The molecule has 1 aliphatic heterocycles. The van der Waals surface area contributed by atoms with Gasteiger partial charge in [-0.3, -0.25) is 4.79 Å². The molecule has 5 nitrogen and oxygen atoms in total. The van der Waals surface area contributed by atoms with E-state index in [9.17, 15) is 13.2 Å². The molecule has 0 bridgehead atoms. The van der Waals surface area contributed by atoms with Gasteiger partial charge in [0.2, 0.25) is 15.9 Å². The molecule has 2 fully saturated rings. The van der Waals surface area contributed by atoms with Crippen LogP contribution in [0.15, 0.2) is 11.6 Å². The molecule has 23 heavy (non-hydrogen) atoms. The molecular weight excluding hydrogens is 332 g/mol. The van der Waals surface area contributed by atoms with Gasteiger partial charge in [-0.05, 0) is 25.2 Å². The highest BCUT2D eigenvalue weighted by Crippen LogP contribution is 2.59. The summed E-state index contributed by atoms with van der Waals surface area (Å²) in [5, 5.41) is 2.82. The van der Waals surface area contributed by atoms with E-state index in [1.165, 1.54) is 5.57 Å². The summed E-state index contributed by atoms with van der Waals surface area (Å²) in [6, 6.07) is 0. The molecule has 2 unspecified atom stereocenters. The van der Waals surface area contributed by atoms with Gasteiger partial charge in [0.15, 0.2) is 0 Å². The highest BCUT2D eigenvalue weighted by atomic mass is 32.2. The summed E-state index contributed by atoms with van der Waals surface area (Å²) in [7, 11) is -3.25. The van der Waals surface area contributed by atoms with Crippen molar-refractivity contribution in [2.45, 2.75) is 27.7 Å². The Bertz CT molecular complexity index is 574.